The number of hydrogen-bond acceptors (Lipinski definition) is 4. The van der Waals surface area contributed by atoms with E-state index in [1.54, 1.807) is 24.3 Å². The maximum atomic E-state index is 11.0. The van der Waals surface area contributed by atoms with Gasteiger partial charge in [0.2, 0.25) is 0 Å². The number of nitrogens with zero attached hydrogens (tertiary/aromatic N) is 2. The molecule has 2 rings (SSSR count). The predicted molar refractivity (Wildman–Crippen MR) is 80.0 cm³/mol. The van der Waals surface area contributed by atoms with Gasteiger partial charge in [-0.3, -0.25) is 0 Å². The number of carbonyl (C=O) groups is 1. The van der Waals surface area contributed by atoms with E-state index in [2.05, 4.69) is 16.8 Å². The average molecular weight is 276 g/mol. The van der Waals surface area contributed by atoms with Crippen LogP contribution in [0.3, 0.4) is 0 Å². The van der Waals surface area contributed by atoms with Crippen LogP contribution in [0.1, 0.15) is 0 Å². The van der Waals surface area contributed by atoms with Crippen LogP contribution in [0.2, 0.25) is 0 Å². The van der Waals surface area contributed by atoms with Crippen LogP contribution in [0.5, 0.6) is 5.75 Å². The van der Waals surface area contributed by atoms with Crippen LogP contribution in [0.25, 0.3) is 0 Å². The van der Waals surface area contributed by atoms with Crippen LogP contribution < -0.4 is 4.74 Å². The van der Waals surface area contributed by atoms with Crippen molar-refractivity contribution < 1.29 is 9.53 Å². The van der Waals surface area contributed by atoms with Crippen LogP contribution in [0.4, 0.5) is 11.4 Å². The van der Waals surface area contributed by atoms with Gasteiger partial charge < -0.3 is 4.74 Å². The molecule has 2 aromatic rings. The summed E-state index contributed by atoms with van der Waals surface area (Å²) in [5.41, 5.74) is 1.46. The summed E-state index contributed by atoms with van der Waals surface area (Å²) in [7, 11) is 0. The molecule has 0 heterocycles. The van der Waals surface area contributed by atoms with Crippen molar-refractivity contribution in [1.82, 2.24) is 0 Å². The van der Waals surface area contributed by atoms with Gasteiger partial charge in [-0.25, -0.2) is 4.79 Å². The Kier molecular flexibility index (Phi) is 6.87. The third-order valence-corrected chi connectivity index (χ3v) is 2.26. The molecule has 2 aromatic carbocycles. The van der Waals surface area contributed by atoms with Crippen molar-refractivity contribution in [2.24, 2.45) is 10.2 Å². The molecule has 0 aliphatic heterocycles. The minimum absolute atomic E-state index is 0. The van der Waals surface area contributed by atoms with Crippen molar-refractivity contribution >= 4 is 46.9 Å². The Morgan fingerprint density at radius 3 is 2.05 bits per heavy atom. The van der Waals surface area contributed by atoms with Crippen LogP contribution in [-0.2, 0) is 4.79 Å². The maximum absolute atomic E-state index is 11.0. The van der Waals surface area contributed by atoms with Gasteiger partial charge in [-0.1, -0.05) is 24.8 Å². The van der Waals surface area contributed by atoms with Gasteiger partial charge in [0.1, 0.15) is 5.75 Å². The molecule has 20 heavy (non-hydrogen) atoms. The van der Waals surface area contributed by atoms with Crippen LogP contribution >= 0.6 is 0 Å². The summed E-state index contributed by atoms with van der Waals surface area (Å²) in [6.45, 7) is 3.33. The number of ether oxygens (including phenoxy) is 1. The van der Waals surface area contributed by atoms with Gasteiger partial charge >= 0.3 is 35.5 Å². The van der Waals surface area contributed by atoms with Gasteiger partial charge in [0, 0.05) is 6.08 Å². The summed E-state index contributed by atoms with van der Waals surface area (Å²) < 4.78 is 4.95. The third kappa shape index (κ3) is 5.09. The van der Waals surface area contributed by atoms with E-state index >= 15 is 0 Å². The fourth-order valence-electron chi connectivity index (χ4n) is 1.35. The summed E-state index contributed by atoms with van der Waals surface area (Å²) in [6.07, 6.45) is 1.11. The monoisotopic (exact) mass is 276 g/mol. The fourth-order valence-corrected chi connectivity index (χ4v) is 1.35. The first-order chi connectivity index (χ1) is 9.28. The van der Waals surface area contributed by atoms with Crippen molar-refractivity contribution in [2.45, 2.75) is 0 Å². The first-order valence-corrected chi connectivity index (χ1v) is 5.69. The molecule has 0 aliphatic rings. The van der Waals surface area contributed by atoms with E-state index in [-0.39, 0.29) is 29.6 Å². The normalized spacial score (nSPS) is 9.80. The number of hydrogen-bond donors (Lipinski definition) is 0. The standard InChI is InChI=1S/C15H12N2O2.Na.H/c1-2-15(18)19-14-10-8-13(9-11-14)17-16-12-6-4-3-5-7-12;;/h2-11H,1H2;;/b17-16+;;. The zero-order chi connectivity index (χ0) is 13.5. The summed E-state index contributed by atoms with van der Waals surface area (Å²) in [6, 6.07) is 16.2. The molecule has 0 unspecified atom stereocenters. The molecule has 0 fully saturated rings. The second-order valence-corrected chi connectivity index (χ2v) is 3.65. The molecule has 0 N–H and O–H groups in total. The fraction of sp³-hybridized carbons (Fsp3) is 0. The summed E-state index contributed by atoms with van der Waals surface area (Å²) in [5.74, 6) is -0.0396. The van der Waals surface area contributed by atoms with E-state index < -0.39 is 5.97 Å². The molecule has 4 nitrogen and oxygen atoms in total. The van der Waals surface area contributed by atoms with Crippen LogP contribution in [0, 0.1) is 0 Å². The van der Waals surface area contributed by atoms with Crippen LogP contribution in [0.15, 0.2) is 77.5 Å². The van der Waals surface area contributed by atoms with Crippen molar-refractivity contribution in [3.05, 3.63) is 67.3 Å². The molecular formula is C15H13N2NaO2. The Bertz CT molecular complexity index is 595. The average Bonchev–Trinajstić information content (AvgIpc) is 2.47. The summed E-state index contributed by atoms with van der Waals surface area (Å²) >= 11 is 0. The SMILES string of the molecule is C=CC(=O)Oc1ccc(/N=N/c2ccccc2)cc1.[NaH]. The van der Waals surface area contributed by atoms with E-state index in [4.69, 9.17) is 4.74 Å². The molecule has 0 aliphatic carbocycles. The molecule has 0 bridgehead atoms. The molecule has 0 amide bonds. The molecule has 0 saturated carbocycles. The van der Waals surface area contributed by atoms with Gasteiger partial charge in [0.25, 0.3) is 0 Å². The second-order valence-electron chi connectivity index (χ2n) is 3.65. The van der Waals surface area contributed by atoms with E-state index in [9.17, 15) is 4.79 Å². The molecule has 5 heteroatoms. The molecule has 0 spiro atoms. The van der Waals surface area contributed by atoms with Crippen LogP contribution in [-0.4, -0.2) is 35.5 Å². The first kappa shape index (κ1) is 16.3. The van der Waals surface area contributed by atoms with Crippen molar-refractivity contribution in [3.8, 4) is 5.75 Å². The van der Waals surface area contributed by atoms with Crippen molar-refractivity contribution in [3.63, 3.8) is 0 Å². The third-order valence-electron chi connectivity index (χ3n) is 2.26. The number of rotatable bonds is 4. The second kappa shape index (κ2) is 8.43. The zero-order valence-electron chi connectivity index (χ0n) is 10.2. The first-order valence-electron chi connectivity index (χ1n) is 5.69. The Morgan fingerprint density at radius 1 is 0.950 bits per heavy atom. The molecule has 0 aromatic heterocycles. The Hall–Kier alpha value is -1.75. The summed E-state index contributed by atoms with van der Waals surface area (Å²) in [5, 5.41) is 8.17. The van der Waals surface area contributed by atoms with E-state index in [0.717, 1.165) is 11.8 Å². The van der Waals surface area contributed by atoms with E-state index in [0.29, 0.717) is 11.4 Å². The number of esters is 1. The Morgan fingerprint density at radius 2 is 1.50 bits per heavy atom. The molecule has 0 atom stereocenters. The topological polar surface area (TPSA) is 51.0 Å². The van der Waals surface area contributed by atoms with Gasteiger partial charge in [-0.05, 0) is 36.4 Å². The summed E-state index contributed by atoms with van der Waals surface area (Å²) in [4.78, 5) is 11.0. The van der Waals surface area contributed by atoms with Gasteiger partial charge in [0.15, 0.2) is 0 Å². The van der Waals surface area contributed by atoms with E-state index in [1.807, 2.05) is 30.3 Å². The van der Waals surface area contributed by atoms with E-state index in [1.165, 1.54) is 0 Å². The number of carbonyl (C=O) groups excluding carboxylic acids is 1. The molecule has 0 radical (unpaired) electrons. The number of benzene rings is 2. The quantitative estimate of drug-likeness (QED) is 0.282. The molecule has 96 valence electrons. The zero-order valence-corrected chi connectivity index (χ0v) is 10.2. The molecular weight excluding hydrogens is 263 g/mol. The Balaban J connectivity index is 0.00000200. The van der Waals surface area contributed by atoms with Crippen molar-refractivity contribution in [2.75, 3.05) is 0 Å². The number of azo groups is 1. The van der Waals surface area contributed by atoms with Crippen molar-refractivity contribution in [1.29, 1.82) is 0 Å². The van der Waals surface area contributed by atoms with Gasteiger partial charge in [-0.2, -0.15) is 10.2 Å². The Labute approximate surface area is 139 Å². The van der Waals surface area contributed by atoms with Gasteiger partial charge in [-0.15, -0.1) is 0 Å². The van der Waals surface area contributed by atoms with Gasteiger partial charge in [0.05, 0.1) is 11.4 Å². The molecule has 0 saturated heterocycles. The minimum atomic E-state index is -0.487. The predicted octanol–water partition coefficient (Wildman–Crippen LogP) is 3.54.